The van der Waals surface area contributed by atoms with E-state index in [2.05, 4.69) is 0 Å². The lowest BCUT2D eigenvalue weighted by Gasteiger charge is -1.74. The van der Waals surface area contributed by atoms with Gasteiger partial charge in [0.25, 0.3) is 0 Å². The minimum absolute atomic E-state index is 0.257. The number of aliphatic carboxylic acids is 1. The predicted molar refractivity (Wildman–Crippen MR) is 27.5 cm³/mol. The van der Waals surface area contributed by atoms with Crippen LogP contribution in [0.2, 0.25) is 0 Å². The lowest BCUT2D eigenvalue weighted by Crippen LogP contribution is -1.89. The van der Waals surface area contributed by atoms with Crippen molar-refractivity contribution in [2.24, 2.45) is 0 Å². The van der Waals surface area contributed by atoms with Crippen molar-refractivity contribution in [3.8, 4) is 0 Å². The van der Waals surface area contributed by atoms with Crippen LogP contribution in [0.5, 0.6) is 0 Å². The maximum absolute atomic E-state index is 10.00. The molecular formula is C5H6O3. The zero-order chi connectivity index (χ0) is 6.57. The molecule has 0 rings (SSSR count). The Kier molecular flexibility index (Phi) is 2.54. The van der Waals surface area contributed by atoms with Gasteiger partial charge in [-0.15, -0.1) is 0 Å². The molecule has 3 heteroatoms. The molecule has 0 aromatic rings. The van der Waals surface area contributed by atoms with Crippen molar-refractivity contribution >= 4 is 11.8 Å². The molecule has 0 saturated carbocycles. The molecule has 0 aliphatic heterocycles. The summed E-state index contributed by atoms with van der Waals surface area (Å²) in [4.78, 5) is 19.7. The van der Waals surface area contributed by atoms with Crippen LogP contribution >= 0.6 is 0 Å². The number of rotatable bonds is 2. The van der Waals surface area contributed by atoms with Gasteiger partial charge in [-0.05, 0) is 13.0 Å². The molecule has 0 radical (unpaired) electrons. The summed E-state index contributed by atoms with van der Waals surface area (Å²) in [6, 6.07) is 0. The minimum atomic E-state index is -1.10. The SMILES string of the molecule is CC(=O)C=CC(=O)O. The number of hydrogen-bond acceptors (Lipinski definition) is 2. The zero-order valence-corrected chi connectivity index (χ0v) is 4.42. The maximum atomic E-state index is 10.00. The van der Waals surface area contributed by atoms with E-state index in [9.17, 15) is 9.59 Å². The Morgan fingerprint density at radius 3 is 2.00 bits per heavy atom. The Hall–Kier alpha value is -1.12. The van der Waals surface area contributed by atoms with Crippen LogP contribution in [0.4, 0.5) is 0 Å². The molecule has 44 valence electrons. The molecular weight excluding hydrogens is 108 g/mol. The lowest BCUT2D eigenvalue weighted by atomic mass is 10.4. The van der Waals surface area contributed by atoms with Crippen molar-refractivity contribution < 1.29 is 14.7 Å². The van der Waals surface area contributed by atoms with E-state index < -0.39 is 5.97 Å². The molecule has 8 heavy (non-hydrogen) atoms. The Bertz CT molecular complexity index is 119. The zero-order valence-electron chi connectivity index (χ0n) is 4.42. The molecule has 0 amide bonds. The molecule has 0 aromatic carbocycles. The molecule has 0 saturated heterocycles. The van der Waals surface area contributed by atoms with Gasteiger partial charge in [-0.25, -0.2) is 4.79 Å². The summed E-state index contributed by atoms with van der Waals surface area (Å²) in [6.07, 6.45) is 1.81. The molecule has 0 bridgehead atoms. The number of ketones is 1. The second kappa shape index (κ2) is 2.96. The van der Waals surface area contributed by atoms with Gasteiger partial charge >= 0.3 is 5.97 Å². The van der Waals surface area contributed by atoms with E-state index in [0.717, 1.165) is 12.2 Å². The molecule has 0 spiro atoms. The first-order valence-electron chi connectivity index (χ1n) is 2.04. The van der Waals surface area contributed by atoms with Gasteiger partial charge < -0.3 is 5.11 Å². The maximum Gasteiger partial charge on any atom is 0.328 e. The first kappa shape index (κ1) is 6.88. The van der Waals surface area contributed by atoms with Gasteiger partial charge in [-0.3, -0.25) is 4.79 Å². The van der Waals surface area contributed by atoms with E-state index in [1.165, 1.54) is 6.92 Å². The minimum Gasteiger partial charge on any atom is -0.478 e. The number of carbonyl (C=O) groups is 2. The molecule has 0 aliphatic carbocycles. The van der Waals surface area contributed by atoms with E-state index in [-0.39, 0.29) is 5.78 Å². The van der Waals surface area contributed by atoms with E-state index in [1.807, 2.05) is 0 Å². The van der Waals surface area contributed by atoms with Crippen LogP contribution in [0.3, 0.4) is 0 Å². The molecule has 0 unspecified atom stereocenters. The van der Waals surface area contributed by atoms with Crippen LogP contribution < -0.4 is 0 Å². The summed E-state index contributed by atoms with van der Waals surface area (Å²) in [5, 5.41) is 7.92. The van der Waals surface area contributed by atoms with E-state index in [1.54, 1.807) is 0 Å². The molecule has 0 atom stereocenters. The first-order chi connectivity index (χ1) is 3.63. The van der Waals surface area contributed by atoms with Gasteiger partial charge in [-0.1, -0.05) is 0 Å². The quantitative estimate of drug-likeness (QED) is 0.522. The van der Waals surface area contributed by atoms with E-state index in [0.29, 0.717) is 0 Å². The summed E-state index contributed by atoms with van der Waals surface area (Å²) in [7, 11) is 0. The summed E-state index contributed by atoms with van der Waals surface area (Å²) in [5.41, 5.74) is 0. The topological polar surface area (TPSA) is 54.4 Å². The largest absolute Gasteiger partial charge is 0.478 e. The molecule has 0 fully saturated rings. The number of carboxylic acids is 1. The van der Waals surface area contributed by atoms with Gasteiger partial charge in [-0.2, -0.15) is 0 Å². The average Bonchev–Trinajstić information content (AvgIpc) is 1.61. The highest BCUT2D eigenvalue weighted by atomic mass is 16.4. The third kappa shape index (κ3) is 4.88. The molecule has 0 aliphatic rings. The predicted octanol–water partition coefficient (Wildman–Crippen LogP) is 0.216. The van der Waals surface area contributed by atoms with Crippen molar-refractivity contribution in [2.75, 3.05) is 0 Å². The van der Waals surface area contributed by atoms with Crippen molar-refractivity contribution in [2.45, 2.75) is 6.92 Å². The second-order valence-corrected chi connectivity index (χ2v) is 1.28. The summed E-state index contributed by atoms with van der Waals surface area (Å²) in [6.45, 7) is 1.29. The highest BCUT2D eigenvalue weighted by Gasteiger charge is 1.85. The fourth-order valence-electron chi connectivity index (χ4n) is 0.189. The fourth-order valence-corrected chi connectivity index (χ4v) is 0.189. The Balaban J connectivity index is 3.67. The van der Waals surface area contributed by atoms with Crippen LogP contribution in [0.25, 0.3) is 0 Å². The van der Waals surface area contributed by atoms with Crippen LogP contribution in [0.15, 0.2) is 12.2 Å². The number of carboxylic acid groups (broad SMARTS) is 1. The monoisotopic (exact) mass is 114 g/mol. The van der Waals surface area contributed by atoms with Crippen LogP contribution in [-0.2, 0) is 9.59 Å². The fraction of sp³-hybridized carbons (Fsp3) is 0.200. The molecule has 0 heterocycles. The van der Waals surface area contributed by atoms with E-state index >= 15 is 0 Å². The third-order valence-corrected chi connectivity index (χ3v) is 0.461. The normalized spacial score (nSPS) is 9.62. The third-order valence-electron chi connectivity index (χ3n) is 0.461. The van der Waals surface area contributed by atoms with Gasteiger partial charge in [0.1, 0.15) is 0 Å². The summed E-state index contributed by atoms with van der Waals surface area (Å²) in [5.74, 6) is -1.35. The van der Waals surface area contributed by atoms with Crippen LogP contribution in [0.1, 0.15) is 6.92 Å². The molecule has 0 aromatic heterocycles. The number of carbonyl (C=O) groups excluding carboxylic acids is 1. The smallest absolute Gasteiger partial charge is 0.328 e. The lowest BCUT2D eigenvalue weighted by molar-refractivity contribution is -0.131. The van der Waals surface area contributed by atoms with Crippen LogP contribution in [-0.4, -0.2) is 16.9 Å². The first-order valence-corrected chi connectivity index (χ1v) is 2.04. The highest BCUT2D eigenvalue weighted by Crippen LogP contribution is 1.73. The van der Waals surface area contributed by atoms with Gasteiger partial charge in [0, 0.05) is 6.08 Å². The Morgan fingerprint density at radius 1 is 1.38 bits per heavy atom. The van der Waals surface area contributed by atoms with Crippen LogP contribution in [0, 0.1) is 0 Å². The van der Waals surface area contributed by atoms with Crippen molar-refractivity contribution in [1.29, 1.82) is 0 Å². The second-order valence-electron chi connectivity index (χ2n) is 1.28. The average molecular weight is 114 g/mol. The number of hydrogen-bond donors (Lipinski definition) is 1. The molecule has 1 N–H and O–H groups in total. The summed E-state index contributed by atoms with van der Waals surface area (Å²) < 4.78 is 0. The highest BCUT2D eigenvalue weighted by molar-refractivity contribution is 5.93. The number of allylic oxidation sites excluding steroid dienone is 1. The van der Waals surface area contributed by atoms with Crippen molar-refractivity contribution in [3.63, 3.8) is 0 Å². The van der Waals surface area contributed by atoms with Crippen molar-refractivity contribution in [1.82, 2.24) is 0 Å². The Labute approximate surface area is 46.6 Å². The van der Waals surface area contributed by atoms with E-state index in [4.69, 9.17) is 5.11 Å². The standard InChI is InChI=1S/C5H6O3/c1-4(6)2-3-5(7)8/h2-3H,1H3,(H,7,8). The van der Waals surface area contributed by atoms with Gasteiger partial charge in [0.05, 0.1) is 0 Å². The Morgan fingerprint density at radius 2 is 1.88 bits per heavy atom. The molecule has 3 nitrogen and oxygen atoms in total. The summed E-state index contributed by atoms with van der Waals surface area (Å²) >= 11 is 0. The van der Waals surface area contributed by atoms with Gasteiger partial charge in [0.15, 0.2) is 5.78 Å². The van der Waals surface area contributed by atoms with Crippen molar-refractivity contribution in [3.05, 3.63) is 12.2 Å². The van der Waals surface area contributed by atoms with Gasteiger partial charge in [0.2, 0.25) is 0 Å².